The third-order valence-corrected chi connectivity index (χ3v) is 2.86. The van der Waals surface area contributed by atoms with Crippen LogP contribution in [0, 0.1) is 5.41 Å². The maximum absolute atomic E-state index is 11.8. The van der Waals surface area contributed by atoms with Crippen molar-refractivity contribution in [2.75, 3.05) is 6.54 Å². The van der Waals surface area contributed by atoms with E-state index in [-0.39, 0.29) is 17.1 Å². The molecule has 1 aromatic rings. The topological polar surface area (TPSA) is 49.3 Å². The molecule has 1 aromatic carbocycles. The molecule has 0 radical (unpaired) electrons. The molecule has 0 aliphatic rings. The number of benzene rings is 1. The second kappa shape index (κ2) is 5.54. The largest absolute Gasteiger partial charge is 0.507 e. The fourth-order valence-electron chi connectivity index (χ4n) is 1.34. The molecule has 0 saturated carbocycles. The van der Waals surface area contributed by atoms with Crippen LogP contribution in [-0.4, -0.2) is 17.6 Å². The molecule has 0 aromatic heterocycles. The van der Waals surface area contributed by atoms with Gasteiger partial charge in [0.15, 0.2) is 0 Å². The number of phenols is 1. The molecule has 0 saturated heterocycles. The minimum Gasteiger partial charge on any atom is -0.507 e. The Morgan fingerprint density at radius 3 is 2.59 bits per heavy atom. The van der Waals surface area contributed by atoms with E-state index in [1.165, 1.54) is 6.07 Å². The number of halogens is 1. The van der Waals surface area contributed by atoms with Crippen LogP contribution >= 0.6 is 15.9 Å². The maximum atomic E-state index is 11.8. The lowest BCUT2D eigenvalue weighted by Gasteiger charge is -2.18. The number of amides is 1. The molecule has 0 heterocycles. The van der Waals surface area contributed by atoms with E-state index < -0.39 is 0 Å². The quantitative estimate of drug-likeness (QED) is 0.899. The Morgan fingerprint density at radius 2 is 2.06 bits per heavy atom. The van der Waals surface area contributed by atoms with E-state index in [1.807, 2.05) is 0 Å². The van der Waals surface area contributed by atoms with Crippen molar-refractivity contribution in [3.8, 4) is 5.75 Å². The lowest BCUT2D eigenvalue weighted by molar-refractivity contribution is 0.0947. The molecule has 0 fully saturated rings. The number of aromatic hydroxyl groups is 1. The highest BCUT2D eigenvalue weighted by Gasteiger charge is 2.13. The predicted molar refractivity (Wildman–Crippen MR) is 72.2 cm³/mol. The number of carbonyl (C=O) groups is 1. The normalized spacial score (nSPS) is 11.3. The summed E-state index contributed by atoms with van der Waals surface area (Å²) in [6.07, 6.45) is 0.899. The Morgan fingerprint density at radius 1 is 1.41 bits per heavy atom. The lowest BCUT2D eigenvalue weighted by Crippen LogP contribution is -2.27. The monoisotopic (exact) mass is 299 g/mol. The molecule has 0 aliphatic carbocycles. The van der Waals surface area contributed by atoms with Crippen molar-refractivity contribution in [1.29, 1.82) is 0 Å². The molecule has 94 valence electrons. The average molecular weight is 300 g/mol. The minimum absolute atomic E-state index is 0.00682. The summed E-state index contributed by atoms with van der Waals surface area (Å²) >= 11 is 3.23. The molecule has 0 bridgehead atoms. The second-order valence-corrected chi connectivity index (χ2v) is 6.14. The van der Waals surface area contributed by atoms with E-state index >= 15 is 0 Å². The van der Waals surface area contributed by atoms with Crippen LogP contribution in [-0.2, 0) is 0 Å². The van der Waals surface area contributed by atoms with Crippen LogP contribution in [0.1, 0.15) is 37.6 Å². The second-order valence-electron chi connectivity index (χ2n) is 5.23. The molecule has 1 amide bonds. The lowest BCUT2D eigenvalue weighted by atomic mass is 9.92. The molecule has 1 rings (SSSR count). The summed E-state index contributed by atoms with van der Waals surface area (Å²) in [5.41, 5.74) is 0.497. The Balaban J connectivity index is 2.59. The van der Waals surface area contributed by atoms with E-state index in [0.717, 1.165) is 10.9 Å². The summed E-state index contributed by atoms with van der Waals surface area (Å²) in [6, 6.07) is 4.85. The summed E-state index contributed by atoms with van der Waals surface area (Å²) < 4.78 is 0.751. The number of rotatable bonds is 3. The predicted octanol–water partition coefficient (Wildman–Crippen LogP) is 3.32. The van der Waals surface area contributed by atoms with Crippen molar-refractivity contribution in [1.82, 2.24) is 5.32 Å². The molecule has 0 atom stereocenters. The SMILES string of the molecule is CC(C)(C)CCNC(=O)c1ccc(Br)cc1O. The van der Waals surface area contributed by atoms with Crippen molar-refractivity contribution in [2.24, 2.45) is 5.41 Å². The highest BCUT2D eigenvalue weighted by Crippen LogP contribution is 2.22. The van der Waals surface area contributed by atoms with Gasteiger partial charge in [-0.05, 0) is 30.0 Å². The van der Waals surface area contributed by atoms with Crippen LogP contribution in [0.3, 0.4) is 0 Å². The van der Waals surface area contributed by atoms with Gasteiger partial charge in [0, 0.05) is 11.0 Å². The third kappa shape index (κ3) is 4.77. The van der Waals surface area contributed by atoms with Gasteiger partial charge in [0.25, 0.3) is 5.91 Å². The van der Waals surface area contributed by atoms with Gasteiger partial charge >= 0.3 is 0 Å². The minimum atomic E-state index is -0.237. The maximum Gasteiger partial charge on any atom is 0.255 e. The average Bonchev–Trinajstić information content (AvgIpc) is 2.15. The van der Waals surface area contributed by atoms with Gasteiger partial charge in [-0.15, -0.1) is 0 Å². The van der Waals surface area contributed by atoms with Crippen molar-refractivity contribution in [2.45, 2.75) is 27.2 Å². The van der Waals surface area contributed by atoms with Crippen molar-refractivity contribution < 1.29 is 9.90 Å². The van der Waals surface area contributed by atoms with Crippen LogP contribution in [0.15, 0.2) is 22.7 Å². The van der Waals surface area contributed by atoms with E-state index in [4.69, 9.17) is 0 Å². The first-order valence-corrected chi connectivity index (χ1v) is 6.35. The van der Waals surface area contributed by atoms with Crippen LogP contribution in [0.5, 0.6) is 5.75 Å². The summed E-state index contributed by atoms with van der Waals surface area (Å²) in [7, 11) is 0. The molecule has 0 unspecified atom stereocenters. The molecular formula is C13H18BrNO2. The molecule has 3 nitrogen and oxygen atoms in total. The molecule has 2 N–H and O–H groups in total. The number of carbonyl (C=O) groups excluding carboxylic acids is 1. The first-order chi connectivity index (χ1) is 7.79. The van der Waals surface area contributed by atoms with Gasteiger partial charge in [-0.2, -0.15) is 0 Å². The molecule has 4 heteroatoms. The highest BCUT2D eigenvalue weighted by molar-refractivity contribution is 9.10. The summed E-state index contributed by atoms with van der Waals surface area (Å²) in [6.45, 7) is 6.97. The first-order valence-electron chi connectivity index (χ1n) is 5.56. The van der Waals surface area contributed by atoms with Crippen LogP contribution in [0.2, 0.25) is 0 Å². The Hall–Kier alpha value is -1.03. The molecule has 0 aliphatic heterocycles. The zero-order valence-electron chi connectivity index (χ0n) is 10.4. The van der Waals surface area contributed by atoms with Gasteiger partial charge in [-0.25, -0.2) is 0 Å². The fraction of sp³-hybridized carbons (Fsp3) is 0.462. The number of nitrogens with one attached hydrogen (secondary N) is 1. The highest BCUT2D eigenvalue weighted by atomic mass is 79.9. The van der Waals surface area contributed by atoms with Crippen LogP contribution in [0.25, 0.3) is 0 Å². The van der Waals surface area contributed by atoms with Crippen molar-refractivity contribution in [3.63, 3.8) is 0 Å². The standard InChI is InChI=1S/C13H18BrNO2/c1-13(2,3)6-7-15-12(17)10-5-4-9(14)8-11(10)16/h4-5,8,16H,6-7H2,1-3H3,(H,15,17). The Kier molecular flexibility index (Phi) is 4.57. The van der Waals surface area contributed by atoms with Gasteiger partial charge in [0.1, 0.15) is 5.75 Å². The fourth-order valence-corrected chi connectivity index (χ4v) is 1.69. The van der Waals surface area contributed by atoms with E-state index in [2.05, 4.69) is 42.0 Å². The smallest absolute Gasteiger partial charge is 0.255 e. The van der Waals surface area contributed by atoms with E-state index in [1.54, 1.807) is 12.1 Å². The number of phenolic OH excluding ortho intramolecular Hbond substituents is 1. The summed E-state index contributed by atoms with van der Waals surface area (Å²) in [5, 5.41) is 12.4. The van der Waals surface area contributed by atoms with Gasteiger partial charge in [-0.3, -0.25) is 4.79 Å². The summed E-state index contributed by atoms with van der Waals surface area (Å²) in [5.74, 6) is -0.244. The zero-order chi connectivity index (χ0) is 13.1. The van der Waals surface area contributed by atoms with Crippen molar-refractivity contribution >= 4 is 21.8 Å². The van der Waals surface area contributed by atoms with Gasteiger partial charge in [0.05, 0.1) is 5.56 Å². The van der Waals surface area contributed by atoms with Crippen LogP contribution < -0.4 is 5.32 Å². The zero-order valence-corrected chi connectivity index (χ0v) is 12.0. The van der Waals surface area contributed by atoms with Gasteiger partial charge in [0.2, 0.25) is 0 Å². The van der Waals surface area contributed by atoms with E-state index in [9.17, 15) is 9.90 Å². The van der Waals surface area contributed by atoms with Crippen molar-refractivity contribution in [3.05, 3.63) is 28.2 Å². The molecule has 17 heavy (non-hydrogen) atoms. The Labute approximate surface area is 110 Å². The number of hydrogen-bond donors (Lipinski definition) is 2. The summed E-state index contributed by atoms with van der Waals surface area (Å²) in [4.78, 5) is 11.8. The molecular weight excluding hydrogens is 282 g/mol. The first kappa shape index (κ1) is 14.0. The van der Waals surface area contributed by atoms with Gasteiger partial charge in [-0.1, -0.05) is 36.7 Å². The molecule has 0 spiro atoms. The van der Waals surface area contributed by atoms with Gasteiger partial charge < -0.3 is 10.4 Å². The van der Waals surface area contributed by atoms with E-state index in [0.29, 0.717) is 12.1 Å². The van der Waals surface area contributed by atoms with Crippen LogP contribution in [0.4, 0.5) is 0 Å². The third-order valence-electron chi connectivity index (χ3n) is 2.36. The number of hydrogen-bond acceptors (Lipinski definition) is 2. The Bertz CT molecular complexity index is 410.